The Morgan fingerprint density at radius 1 is 1.53 bits per heavy atom. The largest absolute Gasteiger partial charge is 0.391 e. The lowest BCUT2D eigenvalue weighted by atomic mass is 10.1. The molecule has 0 spiro atoms. The van der Waals surface area contributed by atoms with Gasteiger partial charge in [-0.25, -0.2) is 0 Å². The Morgan fingerprint density at radius 2 is 2.07 bits per heavy atom. The summed E-state index contributed by atoms with van der Waals surface area (Å²) in [7, 11) is 0. The Morgan fingerprint density at radius 3 is 2.40 bits per heavy atom. The van der Waals surface area contributed by atoms with Crippen molar-refractivity contribution in [2.24, 2.45) is 11.1 Å². The van der Waals surface area contributed by atoms with Crippen LogP contribution in [0.15, 0.2) is 0 Å². The summed E-state index contributed by atoms with van der Waals surface area (Å²) >= 11 is 0. The maximum Gasteiger partial charge on any atom is 0.391 e. The average molecular weight is 224 g/mol. The maximum atomic E-state index is 12.0. The molecule has 1 atom stereocenters. The first kappa shape index (κ1) is 12.3. The third kappa shape index (κ3) is 3.37. The molecule has 3 N–H and O–H groups in total. The van der Waals surface area contributed by atoms with E-state index in [0.29, 0.717) is 12.8 Å². The minimum absolute atomic E-state index is 0.206. The lowest BCUT2D eigenvalue weighted by Crippen LogP contribution is -2.42. The maximum absolute atomic E-state index is 12.0. The zero-order valence-electron chi connectivity index (χ0n) is 8.53. The topological polar surface area (TPSA) is 55.1 Å². The van der Waals surface area contributed by atoms with E-state index in [1.165, 1.54) is 6.92 Å². The van der Waals surface area contributed by atoms with Gasteiger partial charge in [-0.05, 0) is 19.8 Å². The summed E-state index contributed by atoms with van der Waals surface area (Å²) in [6.45, 7) is 1.55. The van der Waals surface area contributed by atoms with Crippen LogP contribution < -0.4 is 11.1 Å². The minimum atomic E-state index is -4.24. The lowest BCUT2D eigenvalue weighted by molar-refractivity contribution is -0.142. The third-order valence-electron chi connectivity index (χ3n) is 2.64. The Bertz CT molecular complexity index is 248. The molecule has 0 aromatic heterocycles. The number of nitrogens with one attached hydrogen (secondary N) is 1. The number of amides is 1. The molecule has 0 aliphatic heterocycles. The molecule has 0 heterocycles. The first-order valence-corrected chi connectivity index (χ1v) is 4.87. The number of hydrogen-bond acceptors (Lipinski definition) is 2. The van der Waals surface area contributed by atoms with Crippen molar-refractivity contribution in [3.05, 3.63) is 0 Å². The molecule has 1 rings (SSSR count). The van der Waals surface area contributed by atoms with Crippen molar-refractivity contribution in [2.75, 3.05) is 6.54 Å². The quantitative estimate of drug-likeness (QED) is 0.753. The third-order valence-corrected chi connectivity index (χ3v) is 2.64. The van der Waals surface area contributed by atoms with Crippen LogP contribution in [0.4, 0.5) is 13.2 Å². The standard InChI is InChI=1S/C9H15F3N2O/c1-6(4-9(10,11)12)14-7(15)8(5-13)2-3-8/h6H,2-5,13H2,1H3,(H,14,15). The number of halogens is 3. The molecule has 1 unspecified atom stereocenters. The van der Waals surface area contributed by atoms with Gasteiger partial charge in [-0.1, -0.05) is 0 Å². The van der Waals surface area contributed by atoms with E-state index < -0.39 is 24.1 Å². The van der Waals surface area contributed by atoms with E-state index in [4.69, 9.17) is 5.73 Å². The lowest BCUT2D eigenvalue weighted by Gasteiger charge is -2.19. The van der Waals surface area contributed by atoms with Gasteiger partial charge in [-0.2, -0.15) is 13.2 Å². The van der Waals surface area contributed by atoms with Gasteiger partial charge in [0.2, 0.25) is 5.91 Å². The number of carbonyl (C=O) groups excluding carboxylic acids is 1. The van der Waals surface area contributed by atoms with Gasteiger partial charge >= 0.3 is 6.18 Å². The van der Waals surface area contributed by atoms with Crippen LogP contribution in [0.3, 0.4) is 0 Å². The van der Waals surface area contributed by atoms with Crippen molar-refractivity contribution in [2.45, 2.75) is 38.4 Å². The summed E-state index contributed by atoms with van der Waals surface area (Å²) in [5, 5.41) is 2.35. The molecule has 6 heteroatoms. The van der Waals surface area contributed by atoms with Crippen LogP contribution in [-0.2, 0) is 4.79 Å². The van der Waals surface area contributed by atoms with E-state index in [1.807, 2.05) is 0 Å². The zero-order valence-corrected chi connectivity index (χ0v) is 8.53. The van der Waals surface area contributed by atoms with Crippen LogP contribution in [0.1, 0.15) is 26.2 Å². The molecule has 1 aliphatic carbocycles. The normalized spacial score (nSPS) is 20.9. The van der Waals surface area contributed by atoms with Crippen LogP contribution in [0.2, 0.25) is 0 Å². The SMILES string of the molecule is CC(CC(F)(F)F)NC(=O)C1(CN)CC1. The molecule has 0 aromatic rings. The summed E-state index contributed by atoms with van der Waals surface area (Å²) in [6, 6.07) is -0.887. The van der Waals surface area contributed by atoms with Gasteiger partial charge in [0.15, 0.2) is 0 Å². The van der Waals surface area contributed by atoms with Gasteiger partial charge in [-0.3, -0.25) is 4.79 Å². The summed E-state index contributed by atoms with van der Waals surface area (Å²) in [4.78, 5) is 11.5. The van der Waals surface area contributed by atoms with Gasteiger partial charge in [0.1, 0.15) is 0 Å². The second kappa shape index (κ2) is 4.00. The van der Waals surface area contributed by atoms with E-state index >= 15 is 0 Å². The predicted molar refractivity (Wildman–Crippen MR) is 49.0 cm³/mol. The van der Waals surface area contributed by atoms with E-state index in [0.717, 1.165) is 0 Å². The molecule has 88 valence electrons. The Hall–Kier alpha value is -0.780. The molecule has 1 saturated carbocycles. The highest BCUT2D eigenvalue weighted by atomic mass is 19.4. The molecule has 1 amide bonds. The summed E-state index contributed by atoms with van der Waals surface area (Å²) < 4.78 is 35.9. The average Bonchev–Trinajstić information content (AvgIpc) is 2.79. The van der Waals surface area contributed by atoms with Gasteiger partial charge < -0.3 is 11.1 Å². The number of rotatable bonds is 4. The molecular weight excluding hydrogens is 209 g/mol. The highest BCUT2D eigenvalue weighted by molar-refractivity contribution is 5.85. The number of alkyl halides is 3. The molecule has 0 aromatic carbocycles. The molecule has 0 radical (unpaired) electrons. The fourth-order valence-electron chi connectivity index (χ4n) is 1.45. The number of hydrogen-bond donors (Lipinski definition) is 2. The monoisotopic (exact) mass is 224 g/mol. The van der Waals surface area contributed by atoms with Crippen LogP contribution >= 0.6 is 0 Å². The van der Waals surface area contributed by atoms with Crippen molar-refractivity contribution in [1.82, 2.24) is 5.32 Å². The Labute approximate surface area is 86.2 Å². The molecule has 1 fully saturated rings. The van der Waals surface area contributed by atoms with Gasteiger partial charge in [0.05, 0.1) is 11.8 Å². The highest BCUT2D eigenvalue weighted by Gasteiger charge is 2.49. The predicted octanol–water partition coefficient (Wildman–Crippen LogP) is 1.18. The van der Waals surface area contributed by atoms with Crippen molar-refractivity contribution in [1.29, 1.82) is 0 Å². The molecular formula is C9H15F3N2O. The van der Waals surface area contributed by atoms with Crippen LogP contribution in [0.5, 0.6) is 0 Å². The summed E-state index contributed by atoms with van der Waals surface area (Å²) in [6.07, 6.45) is -3.90. The van der Waals surface area contributed by atoms with E-state index in [-0.39, 0.29) is 12.5 Å². The fourth-order valence-corrected chi connectivity index (χ4v) is 1.45. The van der Waals surface area contributed by atoms with E-state index in [9.17, 15) is 18.0 Å². The zero-order chi connectivity index (χ0) is 11.7. The second-order valence-electron chi connectivity index (χ2n) is 4.18. The molecule has 0 bridgehead atoms. The second-order valence-corrected chi connectivity index (χ2v) is 4.18. The summed E-state index contributed by atoms with van der Waals surface area (Å²) in [5.74, 6) is -0.346. The van der Waals surface area contributed by atoms with Gasteiger partial charge in [0.25, 0.3) is 0 Å². The summed E-state index contributed by atoms with van der Waals surface area (Å²) in [5.41, 5.74) is 4.81. The van der Waals surface area contributed by atoms with Crippen molar-refractivity contribution in [3.8, 4) is 0 Å². The molecule has 1 aliphatic rings. The van der Waals surface area contributed by atoms with Crippen molar-refractivity contribution >= 4 is 5.91 Å². The number of nitrogens with two attached hydrogens (primary N) is 1. The minimum Gasteiger partial charge on any atom is -0.353 e. The van der Waals surface area contributed by atoms with Crippen LogP contribution in [0.25, 0.3) is 0 Å². The van der Waals surface area contributed by atoms with Crippen LogP contribution in [-0.4, -0.2) is 24.7 Å². The van der Waals surface area contributed by atoms with Gasteiger partial charge in [0, 0.05) is 12.6 Å². The Kier molecular flexibility index (Phi) is 3.28. The van der Waals surface area contributed by atoms with Crippen LogP contribution in [0, 0.1) is 5.41 Å². The first-order chi connectivity index (χ1) is 6.79. The first-order valence-electron chi connectivity index (χ1n) is 4.87. The fraction of sp³-hybridized carbons (Fsp3) is 0.889. The molecule has 0 saturated heterocycles. The Balaban J connectivity index is 2.39. The van der Waals surface area contributed by atoms with Gasteiger partial charge in [-0.15, -0.1) is 0 Å². The van der Waals surface area contributed by atoms with E-state index in [1.54, 1.807) is 0 Å². The van der Waals surface area contributed by atoms with Crippen molar-refractivity contribution < 1.29 is 18.0 Å². The molecule has 15 heavy (non-hydrogen) atoms. The highest BCUT2D eigenvalue weighted by Crippen LogP contribution is 2.44. The molecule has 3 nitrogen and oxygen atoms in total. The van der Waals surface area contributed by atoms with E-state index in [2.05, 4.69) is 5.32 Å². The number of carbonyl (C=O) groups is 1. The van der Waals surface area contributed by atoms with Crippen molar-refractivity contribution in [3.63, 3.8) is 0 Å². The smallest absolute Gasteiger partial charge is 0.353 e.